The summed E-state index contributed by atoms with van der Waals surface area (Å²) in [7, 11) is 1.68. The van der Waals surface area contributed by atoms with Crippen molar-refractivity contribution in [2.75, 3.05) is 7.11 Å². The first-order valence-corrected chi connectivity index (χ1v) is 10.5. The van der Waals surface area contributed by atoms with Crippen LogP contribution in [0, 0.1) is 13.8 Å². The number of nitrogens with zero attached hydrogens (tertiary/aromatic N) is 3. The van der Waals surface area contributed by atoms with E-state index in [0.29, 0.717) is 0 Å². The average Bonchev–Trinajstić information content (AvgIpc) is 3.17. The number of hydrogen-bond donors (Lipinski definition) is 0. The highest BCUT2D eigenvalue weighted by atomic mass is 32.2. The molecule has 0 atom stereocenters. The molecule has 0 radical (unpaired) electrons. The first-order valence-electron chi connectivity index (χ1n) is 9.51. The Balaban J connectivity index is 1.81. The Hall–Kier alpha value is -3.05. The van der Waals surface area contributed by atoms with Gasteiger partial charge in [0, 0.05) is 5.75 Å². The molecule has 5 heteroatoms. The lowest BCUT2D eigenvalue weighted by Gasteiger charge is -2.14. The summed E-state index contributed by atoms with van der Waals surface area (Å²) in [6.07, 6.45) is 0. The molecule has 0 bridgehead atoms. The molecule has 0 saturated heterocycles. The standard InChI is InChI=1S/C24H23N3OS/c1-17-10-4-6-12-19(17)16-29-24-26-25-23(20-13-7-9-15-22(20)28-3)27(24)21-14-8-5-11-18(21)2/h4-15H,16H2,1-3H3. The zero-order chi connectivity index (χ0) is 20.2. The van der Waals surface area contributed by atoms with Crippen molar-refractivity contribution in [1.29, 1.82) is 0 Å². The van der Waals surface area contributed by atoms with Gasteiger partial charge in [0.05, 0.1) is 18.4 Å². The van der Waals surface area contributed by atoms with E-state index < -0.39 is 0 Å². The monoisotopic (exact) mass is 401 g/mol. The van der Waals surface area contributed by atoms with Crippen molar-refractivity contribution >= 4 is 11.8 Å². The van der Waals surface area contributed by atoms with Crippen LogP contribution in [-0.4, -0.2) is 21.9 Å². The highest BCUT2D eigenvalue weighted by molar-refractivity contribution is 7.98. The first-order chi connectivity index (χ1) is 14.2. The molecule has 0 amide bonds. The van der Waals surface area contributed by atoms with Gasteiger partial charge in [0.2, 0.25) is 0 Å². The summed E-state index contributed by atoms with van der Waals surface area (Å²) in [5.41, 5.74) is 5.75. The quantitative estimate of drug-likeness (QED) is 0.380. The van der Waals surface area contributed by atoms with E-state index in [0.717, 1.165) is 33.7 Å². The predicted octanol–water partition coefficient (Wildman–Crippen LogP) is 5.85. The Morgan fingerprint density at radius 1 is 0.828 bits per heavy atom. The fourth-order valence-electron chi connectivity index (χ4n) is 3.31. The summed E-state index contributed by atoms with van der Waals surface area (Å²) in [6.45, 7) is 4.25. The van der Waals surface area contributed by atoms with E-state index in [-0.39, 0.29) is 0 Å². The van der Waals surface area contributed by atoms with Gasteiger partial charge in [-0.2, -0.15) is 0 Å². The zero-order valence-corrected chi connectivity index (χ0v) is 17.6. The molecular weight excluding hydrogens is 378 g/mol. The Bertz CT molecular complexity index is 1140. The second-order valence-corrected chi connectivity index (χ2v) is 7.79. The van der Waals surface area contributed by atoms with Gasteiger partial charge < -0.3 is 4.74 Å². The molecule has 0 aliphatic heterocycles. The van der Waals surface area contributed by atoms with Gasteiger partial charge in [-0.25, -0.2) is 0 Å². The normalized spacial score (nSPS) is 10.9. The van der Waals surface area contributed by atoms with Gasteiger partial charge in [-0.05, 0) is 48.7 Å². The van der Waals surface area contributed by atoms with Crippen LogP contribution in [0.25, 0.3) is 17.1 Å². The van der Waals surface area contributed by atoms with Crippen LogP contribution in [0.15, 0.2) is 78.0 Å². The van der Waals surface area contributed by atoms with Gasteiger partial charge in [0.25, 0.3) is 0 Å². The maximum Gasteiger partial charge on any atom is 0.196 e. The molecule has 0 saturated carbocycles. The maximum absolute atomic E-state index is 5.59. The SMILES string of the molecule is COc1ccccc1-c1nnc(SCc2ccccc2C)n1-c1ccccc1C. The fourth-order valence-corrected chi connectivity index (χ4v) is 4.33. The number of hydrogen-bond acceptors (Lipinski definition) is 4. The van der Waals surface area contributed by atoms with E-state index in [2.05, 4.69) is 65.0 Å². The molecule has 0 fully saturated rings. The van der Waals surface area contributed by atoms with Crippen LogP contribution in [0.3, 0.4) is 0 Å². The Labute approximate surface area is 175 Å². The topological polar surface area (TPSA) is 39.9 Å². The summed E-state index contributed by atoms with van der Waals surface area (Å²) >= 11 is 1.70. The molecule has 146 valence electrons. The average molecular weight is 402 g/mol. The van der Waals surface area contributed by atoms with E-state index >= 15 is 0 Å². The molecule has 0 unspecified atom stereocenters. The number of aryl methyl sites for hydroxylation is 2. The minimum absolute atomic E-state index is 0.782. The molecule has 0 aliphatic carbocycles. The predicted molar refractivity (Wildman–Crippen MR) is 119 cm³/mol. The number of ether oxygens (including phenoxy) is 1. The van der Waals surface area contributed by atoms with Crippen molar-refractivity contribution in [2.45, 2.75) is 24.8 Å². The van der Waals surface area contributed by atoms with Crippen molar-refractivity contribution < 1.29 is 4.74 Å². The zero-order valence-electron chi connectivity index (χ0n) is 16.8. The molecule has 3 aromatic carbocycles. The summed E-state index contributed by atoms with van der Waals surface area (Å²) in [6, 6.07) is 24.7. The van der Waals surface area contributed by atoms with Gasteiger partial charge in [-0.15, -0.1) is 10.2 Å². The molecule has 29 heavy (non-hydrogen) atoms. The molecule has 0 spiro atoms. The van der Waals surface area contributed by atoms with Crippen molar-refractivity contribution in [1.82, 2.24) is 14.8 Å². The lowest BCUT2D eigenvalue weighted by molar-refractivity contribution is 0.416. The summed E-state index contributed by atoms with van der Waals surface area (Å²) in [5.74, 6) is 2.40. The lowest BCUT2D eigenvalue weighted by Crippen LogP contribution is -2.03. The summed E-state index contributed by atoms with van der Waals surface area (Å²) in [4.78, 5) is 0. The second-order valence-electron chi connectivity index (χ2n) is 6.84. The molecule has 1 heterocycles. The van der Waals surface area contributed by atoms with Crippen LogP contribution in [0.1, 0.15) is 16.7 Å². The number of aromatic nitrogens is 3. The molecule has 1 aromatic heterocycles. The van der Waals surface area contributed by atoms with E-state index in [9.17, 15) is 0 Å². The molecule has 4 rings (SSSR count). The van der Waals surface area contributed by atoms with Gasteiger partial charge >= 0.3 is 0 Å². The highest BCUT2D eigenvalue weighted by Crippen LogP contribution is 2.35. The van der Waals surface area contributed by atoms with Crippen LogP contribution < -0.4 is 4.74 Å². The summed E-state index contributed by atoms with van der Waals surface area (Å²) in [5, 5.41) is 9.97. The Morgan fingerprint density at radius 3 is 2.28 bits per heavy atom. The molecule has 4 aromatic rings. The summed E-state index contributed by atoms with van der Waals surface area (Å²) < 4.78 is 7.72. The molecule has 4 nitrogen and oxygen atoms in total. The largest absolute Gasteiger partial charge is 0.496 e. The van der Waals surface area contributed by atoms with E-state index in [4.69, 9.17) is 4.74 Å². The number of thioether (sulfide) groups is 1. The van der Waals surface area contributed by atoms with E-state index in [1.165, 1.54) is 16.7 Å². The molecule has 0 N–H and O–H groups in total. The van der Waals surface area contributed by atoms with Crippen LogP contribution in [0.5, 0.6) is 5.75 Å². The van der Waals surface area contributed by atoms with Gasteiger partial charge in [-0.3, -0.25) is 4.57 Å². The van der Waals surface area contributed by atoms with Crippen LogP contribution in [0.2, 0.25) is 0 Å². The third-order valence-electron chi connectivity index (χ3n) is 4.96. The smallest absolute Gasteiger partial charge is 0.196 e. The number of benzene rings is 3. The molecular formula is C24H23N3OS. The van der Waals surface area contributed by atoms with Crippen LogP contribution >= 0.6 is 11.8 Å². The van der Waals surface area contributed by atoms with Gasteiger partial charge in [0.1, 0.15) is 5.75 Å². The van der Waals surface area contributed by atoms with E-state index in [1.807, 2.05) is 36.4 Å². The van der Waals surface area contributed by atoms with Crippen molar-refractivity contribution in [2.24, 2.45) is 0 Å². The van der Waals surface area contributed by atoms with Crippen LogP contribution in [0.4, 0.5) is 0 Å². The third-order valence-corrected chi connectivity index (χ3v) is 5.93. The van der Waals surface area contributed by atoms with Gasteiger partial charge in [-0.1, -0.05) is 66.4 Å². The lowest BCUT2D eigenvalue weighted by atomic mass is 10.1. The van der Waals surface area contributed by atoms with Crippen molar-refractivity contribution in [3.63, 3.8) is 0 Å². The van der Waals surface area contributed by atoms with E-state index in [1.54, 1.807) is 18.9 Å². The number of methoxy groups -OCH3 is 1. The van der Waals surface area contributed by atoms with Crippen molar-refractivity contribution in [3.8, 4) is 22.8 Å². The number of para-hydroxylation sites is 2. The fraction of sp³-hybridized carbons (Fsp3) is 0.167. The minimum Gasteiger partial charge on any atom is -0.496 e. The maximum atomic E-state index is 5.59. The third kappa shape index (κ3) is 3.91. The van der Waals surface area contributed by atoms with Crippen LogP contribution in [-0.2, 0) is 5.75 Å². The van der Waals surface area contributed by atoms with Crippen molar-refractivity contribution in [3.05, 3.63) is 89.5 Å². The molecule has 0 aliphatic rings. The Morgan fingerprint density at radius 2 is 1.52 bits per heavy atom. The number of rotatable bonds is 6. The first kappa shape index (κ1) is 19.3. The van der Waals surface area contributed by atoms with Gasteiger partial charge in [0.15, 0.2) is 11.0 Å². The highest BCUT2D eigenvalue weighted by Gasteiger charge is 2.20. The minimum atomic E-state index is 0.782. The second kappa shape index (κ2) is 8.53. The Kier molecular flexibility index (Phi) is 5.67.